The van der Waals surface area contributed by atoms with Crippen LogP contribution in [0.3, 0.4) is 0 Å². The van der Waals surface area contributed by atoms with Gasteiger partial charge in [0.1, 0.15) is 0 Å². The number of aliphatic imine (C=N–C) groups is 1. The van der Waals surface area contributed by atoms with Gasteiger partial charge in [-0.1, -0.05) is 60.7 Å². The first kappa shape index (κ1) is 19.0. The highest BCUT2D eigenvalue weighted by Gasteiger charge is 2.26. The fraction of sp³-hybridized carbons (Fsp3) is 0.364. The van der Waals surface area contributed by atoms with Crippen molar-refractivity contribution in [3.8, 4) is 0 Å². The molecule has 2 aromatic rings. The number of nitrogens with zero attached hydrogens (tertiary/aromatic N) is 2. The molecule has 1 saturated heterocycles. The topological polar surface area (TPSA) is 56.7 Å². The molecule has 0 radical (unpaired) electrons. The van der Waals surface area contributed by atoms with Crippen molar-refractivity contribution in [3.05, 3.63) is 71.8 Å². The number of carbonyl (C=O) groups excluding carboxylic acids is 1. The lowest BCUT2D eigenvalue weighted by Crippen LogP contribution is -2.44. The molecule has 5 heteroatoms. The molecule has 2 aromatic carbocycles. The van der Waals surface area contributed by atoms with E-state index in [-0.39, 0.29) is 12.5 Å². The van der Waals surface area contributed by atoms with Gasteiger partial charge in [-0.2, -0.15) is 0 Å². The van der Waals surface area contributed by atoms with Gasteiger partial charge in [-0.15, -0.1) is 0 Å². The summed E-state index contributed by atoms with van der Waals surface area (Å²) in [6.45, 7) is 2.77. The van der Waals surface area contributed by atoms with Gasteiger partial charge < -0.3 is 15.5 Å². The van der Waals surface area contributed by atoms with Crippen LogP contribution in [0.25, 0.3) is 0 Å². The number of nitrogens with one attached hydrogen (secondary N) is 2. The molecule has 2 N–H and O–H groups in total. The quantitative estimate of drug-likeness (QED) is 0.611. The molecule has 1 aliphatic heterocycles. The van der Waals surface area contributed by atoms with Crippen LogP contribution in [0.2, 0.25) is 0 Å². The summed E-state index contributed by atoms with van der Waals surface area (Å²) >= 11 is 0. The van der Waals surface area contributed by atoms with E-state index in [4.69, 9.17) is 0 Å². The van der Waals surface area contributed by atoms with Crippen molar-refractivity contribution >= 4 is 11.9 Å². The molecular weight excluding hydrogens is 336 g/mol. The Morgan fingerprint density at radius 1 is 1.07 bits per heavy atom. The van der Waals surface area contributed by atoms with Crippen molar-refractivity contribution < 1.29 is 4.79 Å². The van der Waals surface area contributed by atoms with E-state index in [1.165, 1.54) is 11.1 Å². The second-order valence-electron chi connectivity index (χ2n) is 6.83. The van der Waals surface area contributed by atoms with Gasteiger partial charge >= 0.3 is 0 Å². The van der Waals surface area contributed by atoms with Crippen LogP contribution in [0.15, 0.2) is 65.7 Å². The zero-order valence-electron chi connectivity index (χ0n) is 15.9. The Hall–Kier alpha value is -2.82. The second-order valence-corrected chi connectivity index (χ2v) is 6.83. The summed E-state index contributed by atoms with van der Waals surface area (Å²) in [7, 11) is 1.77. The fourth-order valence-electron chi connectivity index (χ4n) is 3.49. The van der Waals surface area contributed by atoms with Crippen molar-refractivity contribution in [1.29, 1.82) is 0 Å². The van der Waals surface area contributed by atoms with Gasteiger partial charge in [-0.25, -0.2) is 0 Å². The highest BCUT2D eigenvalue weighted by molar-refractivity contribution is 5.86. The summed E-state index contributed by atoms with van der Waals surface area (Å²) < 4.78 is 0. The maximum atomic E-state index is 12.1. The van der Waals surface area contributed by atoms with Crippen molar-refractivity contribution in [2.24, 2.45) is 4.99 Å². The summed E-state index contributed by atoms with van der Waals surface area (Å²) in [4.78, 5) is 18.7. The lowest BCUT2D eigenvalue weighted by atomic mass is 9.99. The maximum Gasteiger partial charge on any atom is 0.239 e. The van der Waals surface area contributed by atoms with Crippen LogP contribution in [0.4, 0.5) is 0 Å². The summed E-state index contributed by atoms with van der Waals surface area (Å²) in [5.41, 5.74) is 2.60. The van der Waals surface area contributed by atoms with Crippen LogP contribution < -0.4 is 10.6 Å². The molecule has 0 saturated carbocycles. The fourth-order valence-corrected chi connectivity index (χ4v) is 3.49. The van der Waals surface area contributed by atoms with Crippen molar-refractivity contribution in [3.63, 3.8) is 0 Å². The molecule has 0 aromatic heterocycles. The molecule has 1 amide bonds. The van der Waals surface area contributed by atoms with Gasteiger partial charge in [0.25, 0.3) is 0 Å². The Labute approximate surface area is 161 Å². The second kappa shape index (κ2) is 9.76. The van der Waals surface area contributed by atoms with Gasteiger partial charge in [0, 0.05) is 32.6 Å². The van der Waals surface area contributed by atoms with Gasteiger partial charge in [0.05, 0.1) is 6.54 Å². The molecule has 1 heterocycles. The molecule has 0 spiro atoms. The minimum absolute atomic E-state index is 0.00844. The zero-order chi connectivity index (χ0) is 18.9. The molecule has 0 bridgehead atoms. The zero-order valence-corrected chi connectivity index (χ0v) is 15.9. The third-order valence-corrected chi connectivity index (χ3v) is 4.96. The van der Waals surface area contributed by atoms with E-state index in [0.29, 0.717) is 12.5 Å². The third kappa shape index (κ3) is 5.58. The molecule has 0 aliphatic carbocycles. The Morgan fingerprint density at radius 3 is 2.48 bits per heavy atom. The van der Waals surface area contributed by atoms with Crippen molar-refractivity contribution in [2.45, 2.75) is 18.8 Å². The number of guanidine groups is 1. The number of amides is 1. The maximum absolute atomic E-state index is 12.1. The van der Waals surface area contributed by atoms with Crippen LogP contribution >= 0.6 is 0 Å². The number of carbonyl (C=O) groups is 1. The molecule has 1 atom stereocenters. The Bertz CT molecular complexity index is 745. The van der Waals surface area contributed by atoms with Gasteiger partial charge in [-0.3, -0.25) is 9.79 Å². The lowest BCUT2D eigenvalue weighted by molar-refractivity contribution is -0.120. The lowest BCUT2D eigenvalue weighted by Gasteiger charge is -2.21. The third-order valence-electron chi connectivity index (χ3n) is 4.96. The van der Waals surface area contributed by atoms with E-state index in [0.717, 1.165) is 31.9 Å². The summed E-state index contributed by atoms with van der Waals surface area (Å²) in [6.07, 6.45) is 1.94. The first-order valence-electron chi connectivity index (χ1n) is 9.57. The van der Waals surface area contributed by atoms with E-state index in [1.807, 2.05) is 24.3 Å². The predicted molar refractivity (Wildman–Crippen MR) is 110 cm³/mol. The van der Waals surface area contributed by atoms with Crippen LogP contribution in [-0.2, 0) is 11.2 Å². The highest BCUT2D eigenvalue weighted by Crippen LogP contribution is 2.26. The SMILES string of the molecule is CN=C(NCC(=O)NCCc1ccccc1)N1CCC(c2ccccc2)C1. The van der Waals surface area contributed by atoms with Crippen LogP contribution in [0, 0.1) is 0 Å². The van der Waals surface area contributed by atoms with Crippen LogP contribution in [0.5, 0.6) is 0 Å². The average Bonchev–Trinajstić information content (AvgIpc) is 3.20. The van der Waals surface area contributed by atoms with Gasteiger partial charge in [-0.05, 0) is 24.0 Å². The van der Waals surface area contributed by atoms with Crippen LogP contribution in [-0.4, -0.2) is 50.0 Å². The molecule has 1 fully saturated rings. The van der Waals surface area contributed by atoms with Crippen molar-refractivity contribution in [2.75, 3.05) is 33.2 Å². The molecular formula is C22H28N4O. The molecule has 1 unspecified atom stereocenters. The number of rotatable bonds is 6. The standard InChI is InChI=1S/C22H28N4O/c1-23-22(26-15-13-20(17-26)19-10-6-3-7-11-19)25-16-21(27)24-14-12-18-8-4-2-5-9-18/h2-11,20H,12-17H2,1H3,(H,23,25)(H,24,27). The number of likely N-dealkylation sites (tertiary alicyclic amines) is 1. The monoisotopic (exact) mass is 364 g/mol. The Kier molecular flexibility index (Phi) is 6.85. The summed E-state index contributed by atoms with van der Waals surface area (Å²) in [6, 6.07) is 20.8. The average molecular weight is 364 g/mol. The van der Waals surface area contributed by atoms with E-state index >= 15 is 0 Å². The minimum atomic E-state index is -0.00844. The largest absolute Gasteiger partial charge is 0.354 e. The van der Waals surface area contributed by atoms with Crippen molar-refractivity contribution in [1.82, 2.24) is 15.5 Å². The summed E-state index contributed by atoms with van der Waals surface area (Å²) in [5, 5.41) is 6.16. The predicted octanol–water partition coefficient (Wildman–Crippen LogP) is 2.41. The van der Waals surface area contributed by atoms with E-state index in [9.17, 15) is 4.79 Å². The molecule has 27 heavy (non-hydrogen) atoms. The summed E-state index contributed by atoms with van der Waals surface area (Å²) in [5.74, 6) is 1.31. The van der Waals surface area contributed by atoms with E-state index in [2.05, 4.69) is 56.9 Å². The molecule has 3 rings (SSSR count). The van der Waals surface area contributed by atoms with Gasteiger partial charge in [0.15, 0.2) is 5.96 Å². The Morgan fingerprint density at radius 2 is 1.78 bits per heavy atom. The smallest absolute Gasteiger partial charge is 0.239 e. The number of hydrogen-bond donors (Lipinski definition) is 2. The Balaban J connectivity index is 1.41. The van der Waals surface area contributed by atoms with Crippen LogP contribution in [0.1, 0.15) is 23.5 Å². The minimum Gasteiger partial charge on any atom is -0.354 e. The molecule has 1 aliphatic rings. The normalized spacial score (nSPS) is 17.0. The highest BCUT2D eigenvalue weighted by atomic mass is 16.1. The van der Waals surface area contributed by atoms with E-state index < -0.39 is 0 Å². The molecule has 5 nitrogen and oxygen atoms in total. The number of hydrogen-bond acceptors (Lipinski definition) is 2. The molecule has 142 valence electrons. The first-order chi connectivity index (χ1) is 13.3. The first-order valence-corrected chi connectivity index (χ1v) is 9.57. The van der Waals surface area contributed by atoms with E-state index in [1.54, 1.807) is 7.05 Å². The number of benzene rings is 2. The van der Waals surface area contributed by atoms with Gasteiger partial charge in [0.2, 0.25) is 5.91 Å².